The van der Waals surface area contributed by atoms with Crippen molar-refractivity contribution < 1.29 is 21.6 Å². The van der Waals surface area contributed by atoms with Crippen molar-refractivity contribution >= 4 is 16.0 Å². The number of nitrogens with one attached hydrogen (secondary N) is 2. The Balaban J connectivity index is 1.76. The molecule has 0 radical (unpaired) electrons. The van der Waals surface area contributed by atoms with E-state index in [0.717, 1.165) is 12.8 Å². The lowest BCUT2D eigenvalue weighted by molar-refractivity contribution is -0.0496. The van der Waals surface area contributed by atoms with E-state index in [2.05, 4.69) is 15.6 Å². The first kappa shape index (κ1) is 20.3. The number of hydrogen-bond donors (Lipinski definition) is 2. The van der Waals surface area contributed by atoms with Gasteiger partial charge in [-0.25, -0.2) is 8.42 Å². The van der Waals surface area contributed by atoms with Crippen LogP contribution in [-0.4, -0.2) is 56.9 Å². The van der Waals surface area contributed by atoms with Crippen molar-refractivity contribution in [1.82, 2.24) is 14.9 Å². The van der Waals surface area contributed by atoms with Crippen LogP contribution in [0, 0.1) is 5.92 Å². The summed E-state index contributed by atoms with van der Waals surface area (Å²) in [5, 5.41) is 6.60. The van der Waals surface area contributed by atoms with E-state index in [1.165, 1.54) is 19.3 Å². The lowest BCUT2D eigenvalue weighted by atomic mass is 9.95. The highest BCUT2D eigenvalue weighted by molar-refractivity contribution is 7.90. The van der Waals surface area contributed by atoms with Crippen LogP contribution in [0.15, 0.2) is 4.99 Å². The smallest absolute Gasteiger partial charge is 0.356 e. The van der Waals surface area contributed by atoms with Crippen LogP contribution in [-0.2, 0) is 10.0 Å². The van der Waals surface area contributed by atoms with E-state index in [1.807, 2.05) is 0 Å². The molecule has 0 atom stereocenters. The van der Waals surface area contributed by atoms with E-state index in [1.54, 1.807) is 7.05 Å². The summed E-state index contributed by atoms with van der Waals surface area (Å²) in [6.45, 7) is 0.387. The van der Waals surface area contributed by atoms with Crippen LogP contribution in [0.5, 0.6) is 0 Å². The first-order chi connectivity index (χ1) is 11.7. The fourth-order valence-corrected chi connectivity index (χ4v) is 4.36. The molecule has 10 heteroatoms. The number of piperidine rings is 1. The Labute approximate surface area is 147 Å². The molecule has 2 N–H and O–H groups in total. The molecule has 0 unspecified atom stereocenters. The van der Waals surface area contributed by atoms with Crippen molar-refractivity contribution in [3.05, 3.63) is 0 Å². The van der Waals surface area contributed by atoms with E-state index < -0.39 is 15.5 Å². The van der Waals surface area contributed by atoms with Crippen molar-refractivity contribution in [2.24, 2.45) is 10.9 Å². The molecule has 6 nitrogen and oxygen atoms in total. The molecule has 0 aromatic rings. The third-order valence-corrected chi connectivity index (χ3v) is 6.56. The zero-order valence-corrected chi connectivity index (χ0v) is 15.3. The Bertz CT molecular complexity index is 552. The van der Waals surface area contributed by atoms with Gasteiger partial charge in [0.2, 0.25) is 0 Å². The predicted molar refractivity (Wildman–Crippen MR) is 90.6 cm³/mol. The topological polar surface area (TPSA) is 73.8 Å². The minimum Gasteiger partial charge on any atom is -0.356 e. The molecule has 1 aliphatic heterocycles. The van der Waals surface area contributed by atoms with Gasteiger partial charge in [0.25, 0.3) is 0 Å². The molecule has 2 rings (SSSR count). The lowest BCUT2D eigenvalue weighted by Gasteiger charge is -2.32. The molecule has 25 heavy (non-hydrogen) atoms. The average Bonchev–Trinajstić information content (AvgIpc) is 2.59. The van der Waals surface area contributed by atoms with E-state index in [9.17, 15) is 21.6 Å². The second-order valence-electron chi connectivity index (χ2n) is 6.73. The number of nitrogens with zero attached hydrogens (tertiary/aromatic N) is 2. The maximum absolute atomic E-state index is 12.6. The van der Waals surface area contributed by atoms with Crippen molar-refractivity contribution in [2.45, 2.75) is 56.5 Å². The third-order valence-electron chi connectivity index (χ3n) is 4.93. The van der Waals surface area contributed by atoms with Crippen LogP contribution in [0.3, 0.4) is 0 Å². The van der Waals surface area contributed by atoms with Gasteiger partial charge < -0.3 is 10.6 Å². The highest BCUT2D eigenvalue weighted by atomic mass is 32.2. The van der Waals surface area contributed by atoms with Crippen molar-refractivity contribution in [3.63, 3.8) is 0 Å². The SMILES string of the molecule is CN=C(NCC1CCN(S(=O)(=O)C(F)(F)F)CC1)NC1CCCCC1. The fourth-order valence-electron chi connectivity index (χ4n) is 3.38. The van der Waals surface area contributed by atoms with Gasteiger partial charge in [0, 0.05) is 32.7 Å². The molecule has 1 saturated heterocycles. The number of guanidine groups is 1. The van der Waals surface area contributed by atoms with Gasteiger partial charge in [-0.05, 0) is 31.6 Å². The maximum atomic E-state index is 12.6. The average molecular weight is 384 g/mol. The van der Waals surface area contributed by atoms with Crippen LogP contribution in [0.25, 0.3) is 0 Å². The van der Waals surface area contributed by atoms with Crippen molar-refractivity contribution in [3.8, 4) is 0 Å². The van der Waals surface area contributed by atoms with Crippen molar-refractivity contribution in [2.75, 3.05) is 26.7 Å². The summed E-state index contributed by atoms with van der Waals surface area (Å²) in [4.78, 5) is 4.19. The summed E-state index contributed by atoms with van der Waals surface area (Å²) in [5.41, 5.74) is -5.22. The van der Waals surface area contributed by atoms with Gasteiger partial charge in [0.15, 0.2) is 5.96 Å². The number of rotatable bonds is 4. The molecule has 146 valence electrons. The summed E-state index contributed by atoms with van der Waals surface area (Å²) in [5.74, 6) is 0.835. The summed E-state index contributed by atoms with van der Waals surface area (Å²) in [6.07, 6.45) is 6.74. The standard InChI is InChI=1S/C15H27F3N4O2S/c1-19-14(21-13-5-3-2-4-6-13)20-11-12-7-9-22(10-8-12)25(23,24)15(16,17)18/h12-13H,2-11H2,1H3,(H2,19,20,21). The molecule has 0 amide bonds. The fraction of sp³-hybridized carbons (Fsp3) is 0.933. The number of halogens is 3. The summed E-state index contributed by atoms with van der Waals surface area (Å²) < 4.78 is 61.1. The Hall–Kier alpha value is -1.03. The molecule has 1 aliphatic carbocycles. The van der Waals surface area contributed by atoms with E-state index >= 15 is 0 Å². The Kier molecular flexibility index (Phi) is 6.95. The number of alkyl halides is 3. The monoisotopic (exact) mass is 384 g/mol. The number of sulfonamides is 1. The molecule has 0 bridgehead atoms. The van der Waals surface area contributed by atoms with Crippen molar-refractivity contribution in [1.29, 1.82) is 0 Å². The second kappa shape index (κ2) is 8.57. The normalized spacial score (nSPS) is 22.8. The maximum Gasteiger partial charge on any atom is 0.511 e. The molecular formula is C15H27F3N4O2S. The van der Waals surface area contributed by atoms with E-state index in [0.29, 0.717) is 35.7 Å². The molecule has 0 aromatic carbocycles. The van der Waals surface area contributed by atoms with Gasteiger partial charge in [-0.2, -0.15) is 17.5 Å². The molecule has 1 saturated carbocycles. The van der Waals surface area contributed by atoms with Gasteiger partial charge in [0.1, 0.15) is 0 Å². The molecule has 0 spiro atoms. The van der Waals surface area contributed by atoms with Gasteiger partial charge in [-0.1, -0.05) is 19.3 Å². The second-order valence-corrected chi connectivity index (χ2v) is 8.66. The zero-order valence-electron chi connectivity index (χ0n) is 14.5. The number of hydrogen-bond acceptors (Lipinski definition) is 3. The largest absolute Gasteiger partial charge is 0.511 e. The van der Waals surface area contributed by atoms with Crippen LogP contribution < -0.4 is 10.6 Å². The molecule has 2 aliphatic rings. The van der Waals surface area contributed by atoms with Crippen LogP contribution in [0.4, 0.5) is 13.2 Å². The van der Waals surface area contributed by atoms with E-state index in [-0.39, 0.29) is 19.0 Å². The van der Waals surface area contributed by atoms with Gasteiger partial charge in [-0.3, -0.25) is 4.99 Å². The Morgan fingerprint density at radius 2 is 1.72 bits per heavy atom. The highest BCUT2D eigenvalue weighted by Gasteiger charge is 2.50. The van der Waals surface area contributed by atoms with Crippen LogP contribution >= 0.6 is 0 Å². The van der Waals surface area contributed by atoms with Gasteiger partial charge in [0.05, 0.1) is 0 Å². The zero-order chi connectivity index (χ0) is 18.5. The summed E-state index contributed by atoms with van der Waals surface area (Å²) in [6, 6.07) is 0.415. The first-order valence-electron chi connectivity index (χ1n) is 8.77. The van der Waals surface area contributed by atoms with Crippen LogP contribution in [0.1, 0.15) is 44.9 Å². The first-order valence-corrected chi connectivity index (χ1v) is 10.2. The number of aliphatic imine (C=N–C) groups is 1. The van der Waals surface area contributed by atoms with Gasteiger partial charge >= 0.3 is 15.5 Å². The quantitative estimate of drug-likeness (QED) is 0.575. The summed E-state index contributed by atoms with van der Waals surface area (Å²) >= 11 is 0. The molecule has 2 fully saturated rings. The summed E-state index contributed by atoms with van der Waals surface area (Å²) in [7, 11) is -3.51. The van der Waals surface area contributed by atoms with E-state index in [4.69, 9.17) is 0 Å². The minimum absolute atomic E-state index is 0.0944. The molecule has 1 heterocycles. The third kappa shape index (κ3) is 5.47. The highest BCUT2D eigenvalue weighted by Crippen LogP contribution is 2.30. The minimum atomic E-state index is -5.22. The Morgan fingerprint density at radius 1 is 1.12 bits per heavy atom. The predicted octanol–water partition coefficient (Wildman–Crippen LogP) is 2.05. The van der Waals surface area contributed by atoms with Crippen LogP contribution in [0.2, 0.25) is 0 Å². The molecular weight excluding hydrogens is 357 g/mol. The van der Waals surface area contributed by atoms with Gasteiger partial charge in [-0.15, -0.1) is 0 Å². The lowest BCUT2D eigenvalue weighted by Crippen LogP contribution is -2.48. The molecule has 0 aromatic heterocycles. The Morgan fingerprint density at radius 3 is 2.24 bits per heavy atom.